The van der Waals surface area contributed by atoms with Crippen molar-refractivity contribution in [3.8, 4) is 11.5 Å². The third kappa shape index (κ3) is 3.75. The zero-order valence-corrected chi connectivity index (χ0v) is 12.4. The van der Waals surface area contributed by atoms with Crippen LogP contribution in [0.25, 0.3) is 0 Å². The maximum atomic E-state index is 11.9. The molecular formula is C17H19NO3. The summed E-state index contributed by atoms with van der Waals surface area (Å²) < 4.78 is 5.57. The molecule has 0 unspecified atom stereocenters. The van der Waals surface area contributed by atoms with E-state index in [4.69, 9.17) is 4.74 Å². The first-order valence-corrected chi connectivity index (χ1v) is 6.76. The first-order chi connectivity index (χ1) is 9.97. The van der Waals surface area contributed by atoms with E-state index in [1.807, 2.05) is 45.0 Å². The monoisotopic (exact) mass is 285 g/mol. The number of hydrogen-bond acceptors (Lipinski definition) is 3. The maximum Gasteiger partial charge on any atom is 0.262 e. The van der Waals surface area contributed by atoms with Crippen molar-refractivity contribution < 1.29 is 14.6 Å². The number of para-hydroxylation sites is 1. The second-order valence-corrected chi connectivity index (χ2v) is 5.08. The Labute approximate surface area is 124 Å². The number of aromatic hydroxyl groups is 1. The van der Waals surface area contributed by atoms with Crippen molar-refractivity contribution in [3.63, 3.8) is 0 Å². The Balaban J connectivity index is 1.99. The average Bonchev–Trinajstić information content (AvgIpc) is 2.41. The van der Waals surface area contributed by atoms with Crippen LogP contribution >= 0.6 is 0 Å². The van der Waals surface area contributed by atoms with Crippen LogP contribution in [0, 0.1) is 20.8 Å². The minimum Gasteiger partial charge on any atom is -0.506 e. The van der Waals surface area contributed by atoms with Gasteiger partial charge in [-0.2, -0.15) is 0 Å². The molecule has 0 aliphatic rings. The predicted octanol–water partition coefficient (Wildman–Crippen LogP) is 3.33. The number of carbonyl (C=O) groups is 1. The van der Waals surface area contributed by atoms with E-state index in [1.165, 1.54) is 0 Å². The van der Waals surface area contributed by atoms with Gasteiger partial charge in [0.15, 0.2) is 6.61 Å². The van der Waals surface area contributed by atoms with Gasteiger partial charge in [-0.05, 0) is 49.6 Å². The molecule has 0 fully saturated rings. The van der Waals surface area contributed by atoms with Crippen molar-refractivity contribution >= 4 is 11.6 Å². The molecule has 0 heterocycles. The molecule has 2 rings (SSSR count). The molecule has 110 valence electrons. The van der Waals surface area contributed by atoms with Crippen LogP contribution in [0.2, 0.25) is 0 Å². The number of anilines is 1. The number of ether oxygens (including phenoxy) is 1. The number of hydrogen-bond donors (Lipinski definition) is 2. The number of aryl methyl sites for hydroxylation is 3. The lowest BCUT2D eigenvalue weighted by Crippen LogP contribution is -2.20. The third-order valence-corrected chi connectivity index (χ3v) is 3.18. The van der Waals surface area contributed by atoms with Crippen LogP contribution in [0.15, 0.2) is 36.4 Å². The first-order valence-electron chi connectivity index (χ1n) is 6.76. The van der Waals surface area contributed by atoms with Gasteiger partial charge in [-0.3, -0.25) is 4.79 Å². The smallest absolute Gasteiger partial charge is 0.262 e. The number of phenols is 1. The number of carbonyl (C=O) groups excluding carboxylic acids is 1. The van der Waals surface area contributed by atoms with Gasteiger partial charge in [0, 0.05) is 0 Å². The molecule has 0 spiro atoms. The largest absolute Gasteiger partial charge is 0.506 e. The van der Waals surface area contributed by atoms with Crippen LogP contribution in [0.5, 0.6) is 11.5 Å². The van der Waals surface area contributed by atoms with E-state index >= 15 is 0 Å². The average molecular weight is 285 g/mol. The standard InChI is InChI=1S/C17H19NO3/c1-11-7-8-14(15(19)9-11)18-16(20)10-21-17-12(2)5-4-6-13(17)3/h4-9,19H,10H2,1-3H3,(H,18,20). The van der Waals surface area contributed by atoms with Crippen molar-refractivity contribution in [1.82, 2.24) is 0 Å². The molecule has 2 N–H and O–H groups in total. The molecule has 4 nitrogen and oxygen atoms in total. The highest BCUT2D eigenvalue weighted by Gasteiger charge is 2.09. The van der Waals surface area contributed by atoms with Gasteiger partial charge in [0.25, 0.3) is 5.91 Å². The second-order valence-electron chi connectivity index (χ2n) is 5.08. The Morgan fingerprint density at radius 1 is 1.14 bits per heavy atom. The summed E-state index contributed by atoms with van der Waals surface area (Å²) in [4.78, 5) is 11.9. The number of benzene rings is 2. The SMILES string of the molecule is Cc1ccc(NC(=O)COc2c(C)cccc2C)c(O)c1. The van der Waals surface area contributed by atoms with Gasteiger partial charge in [-0.25, -0.2) is 0 Å². The lowest BCUT2D eigenvalue weighted by Gasteiger charge is -2.12. The Bertz CT molecular complexity index is 645. The molecule has 2 aromatic carbocycles. The molecule has 0 saturated carbocycles. The first kappa shape index (κ1) is 14.9. The van der Waals surface area contributed by atoms with Crippen LogP contribution in [-0.2, 0) is 4.79 Å². The van der Waals surface area contributed by atoms with Gasteiger partial charge >= 0.3 is 0 Å². The van der Waals surface area contributed by atoms with Gasteiger partial charge in [0.1, 0.15) is 11.5 Å². The molecule has 0 aliphatic heterocycles. The number of nitrogens with one attached hydrogen (secondary N) is 1. The zero-order valence-electron chi connectivity index (χ0n) is 12.4. The van der Waals surface area contributed by atoms with E-state index < -0.39 is 0 Å². The van der Waals surface area contributed by atoms with Crippen molar-refractivity contribution in [2.45, 2.75) is 20.8 Å². The highest BCUT2D eigenvalue weighted by atomic mass is 16.5. The molecule has 2 aromatic rings. The van der Waals surface area contributed by atoms with Gasteiger partial charge in [0.2, 0.25) is 0 Å². The summed E-state index contributed by atoms with van der Waals surface area (Å²) in [6.07, 6.45) is 0. The fourth-order valence-corrected chi connectivity index (χ4v) is 2.10. The summed E-state index contributed by atoms with van der Waals surface area (Å²) in [5.74, 6) is 0.466. The van der Waals surface area contributed by atoms with Crippen LogP contribution in [-0.4, -0.2) is 17.6 Å². The topological polar surface area (TPSA) is 58.6 Å². The van der Waals surface area contributed by atoms with Crippen molar-refractivity contribution in [1.29, 1.82) is 0 Å². The Morgan fingerprint density at radius 3 is 2.43 bits per heavy atom. The van der Waals surface area contributed by atoms with E-state index in [9.17, 15) is 9.90 Å². The van der Waals surface area contributed by atoms with Gasteiger partial charge in [0.05, 0.1) is 5.69 Å². The maximum absolute atomic E-state index is 11.9. The molecular weight excluding hydrogens is 266 g/mol. The number of rotatable bonds is 4. The lowest BCUT2D eigenvalue weighted by atomic mass is 10.1. The summed E-state index contributed by atoms with van der Waals surface area (Å²) in [6.45, 7) is 5.65. The highest BCUT2D eigenvalue weighted by Crippen LogP contribution is 2.24. The summed E-state index contributed by atoms with van der Waals surface area (Å²) in [7, 11) is 0. The minimum absolute atomic E-state index is 0.0513. The fraction of sp³-hybridized carbons (Fsp3) is 0.235. The van der Waals surface area contributed by atoms with Crippen LogP contribution < -0.4 is 10.1 Å². The predicted molar refractivity (Wildman–Crippen MR) is 82.9 cm³/mol. The summed E-state index contributed by atoms with van der Waals surface area (Å²) in [5.41, 5.74) is 3.29. The highest BCUT2D eigenvalue weighted by molar-refractivity contribution is 5.93. The zero-order chi connectivity index (χ0) is 15.4. The molecule has 0 aliphatic carbocycles. The molecule has 0 saturated heterocycles. The van der Waals surface area contributed by atoms with Crippen molar-refractivity contribution in [3.05, 3.63) is 53.1 Å². The number of amides is 1. The van der Waals surface area contributed by atoms with E-state index in [0.29, 0.717) is 5.69 Å². The van der Waals surface area contributed by atoms with Crippen LogP contribution in [0.1, 0.15) is 16.7 Å². The van der Waals surface area contributed by atoms with E-state index in [2.05, 4.69) is 5.32 Å². The van der Waals surface area contributed by atoms with E-state index in [1.54, 1.807) is 12.1 Å². The molecule has 0 aromatic heterocycles. The fourth-order valence-electron chi connectivity index (χ4n) is 2.10. The summed E-state index contributed by atoms with van der Waals surface area (Å²) >= 11 is 0. The molecule has 0 bridgehead atoms. The third-order valence-electron chi connectivity index (χ3n) is 3.18. The van der Waals surface area contributed by atoms with E-state index in [0.717, 1.165) is 22.4 Å². The second kappa shape index (κ2) is 6.31. The molecule has 1 amide bonds. The van der Waals surface area contributed by atoms with Gasteiger partial charge in [-0.15, -0.1) is 0 Å². The molecule has 0 radical (unpaired) electrons. The van der Waals surface area contributed by atoms with Crippen LogP contribution in [0.4, 0.5) is 5.69 Å². The van der Waals surface area contributed by atoms with E-state index in [-0.39, 0.29) is 18.3 Å². The summed E-state index contributed by atoms with van der Waals surface area (Å²) in [6, 6.07) is 10.9. The molecule has 4 heteroatoms. The van der Waals surface area contributed by atoms with Gasteiger partial charge in [-0.1, -0.05) is 24.3 Å². The summed E-state index contributed by atoms with van der Waals surface area (Å²) in [5, 5.41) is 12.4. The number of phenolic OH excluding ortho intramolecular Hbond substituents is 1. The molecule has 21 heavy (non-hydrogen) atoms. The van der Waals surface area contributed by atoms with Crippen LogP contribution in [0.3, 0.4) is 0 Å². The Morgan fingerprint density at radius 2 is 1.81 bits per heavy atom. The molecule has 0 atom stereocenters. The Kier molecular flexibility index (Phi) is 4.48. The Hall–Kier alpha value is -2.49. The minimum atomic E-state index is -0.309. The lowest BCUT2D eigenvalue weighted by molar-refractivity contribution is -0.118. The van der Waals surface area contributed by atoms with Crippen molar-refractivity contribution in [2.75, 3.05) is 11.9 Å². The van der Waals surface area contributed by atoms with Gasteiger partial charge < -0.3 is 15.2 Å². The normalized spacial score (nSPS) is 10.2. The quantitative estimate of drug-likeness (QED) is 0.847. The van der Waals surface area contributed by atoms with Crippen molar-refractivity contribution in [2.24, 2.45) is 0 Å².